The molecule has 0 saturated heterocycles. The van der Waals surface area contributed by atoms with Crippen LogP contribution in [0.5, 0.6) is 0 Å². The first-order valence-corrected chi connectivity index (χ1v) is 8.96. The second-order valence-corrected chi connectivity index (χ2v) is 6.29. The van der Waals surface area contributed by atoms with Crippen LogP contribution in [0.15, 0.2) is 60.9 Å². The molecule has 2 heterocycles. The molecule has 146 valence electrons. The summed E-state index contributed by atoms with van der Waals surface area (Å²) >= 11 is 0. The van der Waals surface area contributed by atoms with Crippen LogP contribution in [0.2, 0.25) is 0 Å². The number of aliphatic hydroxyl groups is 1. The fourth-order valence-electron chi connectivity index (χ4n) is 3.09. The Morgan fingerprint density at radius 1 is 1.21 bits per heavy atom. The number of anilines is 4. The van der Waals surface area contributed by atoms with Crippen LogP contribution < -0.4 is 16.0 Å². The third-order valence-corrected chi connectivity index (χ3v) is 4.40. The fourth-order valence-corrected chi connectivity index (χ4v) is 3.09. The minimum absolute atomic E-state index is 0.0539. The largest absolute Gasteiger partial charge is 0.395 e. The van der Waals surface area contributed by atoms with Gasteiger partial charge in [0.15, 0.2) is 0 Å². The molecular formula is C20H19N7O2. The number of aromatic amines is 1. The Morgan fingerprint density at radius 3 is 2.90 bits per heavy atom. The monoisotopic (exact) mass is 389 g/mol. The van der Waals surface area contributed by atoms with Crippen LogP contribution in [0.3, 0.4) is 0 Å². The number of H-pyrrole nitrogens is 1. The maximum absolute atomic E-state index is 11.4. The van der Waals surface area contributed by atoms with Crippen LogP contribution in [0.4, 0.5) is 23.1 Å². The van der Waals surface area contributed by atoms with Gasteiger partial charge in [0.25, 0.3) is 0 Å². The highest BCUT2D eigenvalue weighted by molar-refractivity contribution is 5.94. The fraction of sp³-hybridized carbons (Fsp3) is 0.100. The third-order valence-electron chi connectivity index (χ3n) is 4.40. The quantitative estimate of drug-likeness (QED) is 0.381. The Hall–Kier alpha value is -3.98. The SMILES string of the molecule is NC(=O)c1cccc(Nc2nccc(N(CCO)c3cccc4[nH]ncc34)n2)c1. The molecule has 0 aliphatic rings. The number of nitrogens with two attached hydrogens (primary N) is 1. The number of primary amides is 1. The molecule has 0 unspecified atom stereocenters. The first-order valence-electron chi connectivity index (χ1n) is 8.96. The highest BCUT2D eigenvalue weighted by Crippen LogP contribution is 2.30. The van der Waals surface area contributed by atoms with Crippen LogP contribution in [-0.4, -0.2) is 44.3 Å². The zero-order valence-electron chi connectivity index (χ0n) is 15.4. The minimum Gasteiger partial charge on any atom is -0.395 e. The number of rotatable bonds is 7. The summed E-state index contributed by atoms with van der Waals surface area (Å²) < 4.78 is 0. The summed E-state index contributed by atoms with van der Waals surface area (Å²) in [5.74, 6) is 0.452. The predicted octanol–water partition coefficient (Wildman–Crippen LogP) is 2.33. The number of nitrogens with one attached hydrogen (secondary N) is 2. The molecule has 0 spiro atoms. The summed E-state index contributed by atoms with van der Waals surface area (Å²) in [4.78, 5) is 22.1. The van der Waals surface area contributed by atoms with E-state index in [0.29, 0.717) is 29.6 Å². The van der Waals surface area contributed by atoms with E-state index in [1.54, 1.807) is 42.7 Å². The van der Waals surface area contributed by atoms with Gasteiger partial charge in [-0.1, -0.05) is 12.1 Å². The van der Waals surface area contributed by atoms with Gasteiger partial charge >= 0.3 is 0 Å². The Balaban J connectivity index is 1.68. The van der Waals surface area contributed by atoms with E-state index in [4.69, 9.17) is 5.73 Å². The Bertz CT molecular complexity index is 1160. The highest BCUT2D eigenvalue weighted by atomic mass is 16.3. The Morgan fingerprint density at radius 2 is 2.07 bits per heavy atom. The normalized spacial score (nSPS) is 10.8. The van der Waals surface area contributed by atoms with Gasteiger partial charge in [-0.2, -0.15) is 10.1 Å². The van der Waals surface area contributed by atoms with E-state index in [-0.39, 0.29) is 6.61 Å². The van der Waals surface area contributed by atoms with E-state index in [2.05, 4.69) is 25.5 Å². The zero-order chi connectivity index (χ0) is 20.2. The van der Waals surface area contributed by atoms with Crippen molar-refractivity contribution in [3.63, 3.8) is 0 Å². The smallest absolute Gasteiger partial charge is 0.248 e. The first kappa shape index (κ1) is 18.4. The molecule has 2 aromatic carbocycles. The van der Waals surface area contributed by atoms with Gasteiger partial charge in [-0.15, -0.1) is 0 Å². The Kier molecular flexibility index (Phi) is 5.04. The molecule has 0 aliphatic carbocycles. The molecule has 0 radical (unpaired) electrons. The molecule has 9 nitrogen and oxygen atoms in total. The molecule has 4 rings (SSSR count). The van der Waals surface area contributed by atoms with Gasteiger partial charge in [0.1, 0.15) is 5.82 Å². The summed E-state index contributed by atoms with van der Waals surface area (Å²) in [7, 11) is 0. The topological polar surface area (TPSA) is 133 Å². The van der Waals surface area contributed by atoms with E-state index < -0.39 is 5.91 Å². The van der Waals surface area contributed by atoms with Crippen molar-refractivity contribution in [2.75, 3.05) is 23.4 Å². The van der Waals surface area contributed by atoms with Gasteiger partial charge in [0.05, 0.1) is 24.0 Å². The molecule has 1 amide bonds. The zero-order valence-corrected chi connectivity index (χ0v) is 15.4. The third kappa shape index (κ3) is 3.85. The van der Waals surface area contributed by atoms with Crippen LogP contribution in [-0.2, 0) is 0 Å². The molecule has 0 fully saturated rings. The summed E-state index contributed by atoms with van der Waals surface area (Å²) in [6.07, 6.45) is 3.37. The lowest BCUT2D eigenvalue weighted by molar-refractivity contribution is 0.100. The molecule has 2 aromatic heterocycles. The minimum atomic E-state index is -0.509. The lowest BCUT2D eigenvalue weighted by Gasteiger charge is -2.24. The highest BCUT2D eigenvalue weighted by Gasteiger charge is 2.15. The van der Waals surface area contributed by atoms with Crippen molar-refractivity contribution in [2.45, 2.75) is 0 Å². The van der Waals surface area contributed by atoms with Crippen molar-refractivity contribution in [1.82, 2.24) is 20.2 Å². The average Bonchev–Trinajstić information content (AvgIpc) is 3.21. The van der Waals surface area contributed by atoms with Crippen molar-refractivity contribution in [2.24, 2.45) is 5.73 Å². The lowest BCUT2D eigenvalue weighted by atomic mass is 10.2. The van der Waals surface area contributed by atoms with Crippen molar-refractivity contribution in [1.29, 1.82) is 0 Å². The number of amides is 1. The molecule has 0 bridgehead atoms. The molecular weight excluding hydrogens is 370 g/mol. The summed E-state index contributed by atoms with van der Waals surface area (Å²) in [6, 6.07) is 14.3. The van der Waals surface area contributed by atoms with Gasteiger partial charge in [0.2, 0.25) is 11.9 Å². The van der Waals surface area contributed by atoms with Crippen molar-refractivity contribution in [3.8, 4) is 0 Å². The molecule has 0 atom stereocenters. The summed E-state index contributed by atoms with van der Waals surface area (Å²) in [5.41, 5.74) is 8.13. The van der Waals surface area contributed by atoms with E-state index in [1.165, 1.54) is 0 Å². The number of hydrogen-bond donors (Lipinski definition) is 4. The predicted molar refractivity (Wildman–Crippen MR) is 110 cm³/mol. The summed E-state index contributed by atoms with van der Waals surface area (Å²) in [6.45, 7) is 0.291. The van der Waals surface area contributed by atoms with E-state index in [1.807, 2.05) is 23.1 Å². The van der Waals surface area contributed by atoms with E-state index in [9.17, 15) is 9.90 Å². The second-order valence-electron chi connectivity index (χ2n) is 6.29. The van der Waals surface area contributed by atoms with Gasteiger partial charge in [0, 0.05) is 29.4 Å². The molecule has 9 heteroatoms. The average molecular weight is 389 g/mol. The number of aliphatic hydroxyl groups excluding tert-OH is 1. The second kappa shape index (κ2) is 7.95. The van der Waals surface area contributed by atoms with Gasteiger partial charge in [-0.25, -0.2) is 4.98 Å². The van der Waals surface area contributed by atoms with Gasteiger partial charge in [-0.05, 0) is 36.4 Å². The van der Waals surface area contributed by atoms with Crippen LogP contribution >= 0.6 is 0 Å². The van der Waals surface area contributed by atoms with Crippen LogP contribution in [0.25, 0.3) is 10.9 Å². The number of nitrogens with zero attached hydrogens (tertiary/aromatic N) is 4. The molecule has 5 N–H and O–H groups in total. The van der Waals surface area contributed by atoms with E-state index >= 15 is 0 Å². The number of fused-ring (bicyclic) bond motifs is 1. The maximum atomic E-state index is 11.4. The van der Waals surface area contributed by atoms with Crippen LogP contribution in [0, 0.1) is 0 Å². The molecule has 29 heavy (non-hydrogen) atoms. The number of carbonyl (C=O) groups excluding carboxylic acids is 1. The summed E-state index contributed by atoms with van der Waals surface area (Å²) in [5, 5.41) is 20.6. The van der Waals surface area contributed by atoms with Gasteiger partial charge in [-0.3, -0.25) is 9.89 Å². The number of carbonyl (C=O) groups is 1. The van der Waals surface area contributed by atoms with Gasteiger partial charge < -0.3 is 21.1 Å². The number of aromatic nitrogens is 4. The molecule has 0 aliphatic heterocycles. The number of hydrogen-bond acceptors (Lipinski definition) is 7. The Labute approximate surface area is 166 Å². The van der Waals surface area contributed by atoms with E-state index in [0.717, 1.165) is 16.6 Å². The van der Waals surface area contributed by atoms with Crippen molar-refractivity contribution >= 4 is 40.0 Å². The number of benzene rings is 2. The lowest BCUT2D eigenvalue weighted by Crippen LogP contribution is -2.22. The molecule has 4 aromatic rings. The molecule has 0 saturated carbocycles. The standard InChI is InChI=1S/C20H19N7O2/c21-19(29)13-3-1-4-14(11-13)24-20-22-8-7-18(25-20)27(9-10-28)17-6-2-5-16-15(17)12-23-26-16/h1-8,11-12,28H,9-10H2,(H2,21,29)(H,23,26)(H,22,24,25). The van der Waals surface area contributed by atoms with Crippen molar-refractivity contribution in [3.05, 3.63) is 66.5 Å². The maximum Gasteiger partial charge on any atom is 0.248 e. The first-order chi connectivity index (χ1) is 14.2. The van der Waals surface area contributed by atoms with Crippen molar-refractivity contribution < 1.29 is 9.90 Å². The van der Waals surface area contributed by atoms with Crippen LogP contribution in [0.1, 0.15) is 10.4 Å².